The Morgan fingerprint density at radius 3 is 0.837 bits per heavy atom. The van der Waals surface area contributed by atoms with Gasteiger partial charge >= 0.3 is 5.97 Å². The summed E-state index contributed by atoms with van der Waals surface area (Å²) < 4.78 is 53.9. The number of hydrogen-bond acceptors (Lipinski definition) is 11. The molecule has 0 aliphatic heterocycles. The first-order valence-electron chi connectivity index (χ1n) is 16.6. The van der Waals surface area contributed by atoms with Crippen molar-refractivity contribution < 1.29 is 52.2 Å². The van der Waals surface area contributed by atoms with E-state index in [1.165, 1.54) is 64.7 Å². The maximum Gasteiger partial charge on any atom is 0.302 e. The smallest absolute Gasteiger partial charge is 0.302 e. The summed E-state index contributed by atoms with van der Waals surface area (Å²) in [7, 11) is 0. The van der Waals surface area contributed by atoms with Crippen molar-refractivity contribution in [1.29, 1.82) is 0 Å². The molecule has 0 aliphatic rings. The third kappa shape index (κ3) is 41.1. The van der Waals surface area contributed by atoms with Crippen LogP contribution in [0.2, 0.25) is 0 Å². The molecule has 0 aromatic carbocycles. The predicted octanol–water partition coefficient (Wildman–Crippen LogP) is 4.62. The summed E-state index contributed by atoms with van der Waals surface area (Å²) in [6.45, 7) is 13.6. The van der Waals surface area contributed by atoms with Gasteiger partial charge in [0.15, 0.2) is 0 Å². The van der Waals surface area contributed by atoms with Gasteiger partial charge < -0.3 is 47.4 Å². The van der Waals surface area contributed by atoms with Crippen LogP contribution in [0.3, 0.4) is 0 Å². The molecule has 0 amide bonds. The van der Waals surface area contributed by atoms with Crippen molar-refractivity contribution in [2.24, 2.45) is 0 Å². The van der Waals surface area contributed by atoms with Gasteiger partial charge in [0, 0.05) is 13.5 Å². The lowest BCUT2D eigenvalue weighted by molar-refractivity contribution is -0.142. The largest absolute Gasteiger partial charge is 0.463 e. The molecule has 43 heavy (non-hydrogen) atoms. The van der Waals surface area contributed by atoms with E-state index in [1.54, 1.807) is 0 Å². The van der Waals surface area contributed by atoms with Crippen LogP contribution >= 0.6 is 0 Å². The second-order valence-corrected chi connectivity index (χ2v) is 10.0. The summed E-state index contributed by atoms with van der Waals surface area (Å²) in [4.78, 5) is 10.6. The van der Waals surface area contributed by atoms with Crippen LogP contribution in [-0.2, 0) is 52.2 Å². The molecule has 0 spiro atoms. The number of hydrogen-bond donors (Lipinski definition) is 0. The molecule has 0 N–H and O–H groups in total. The number of ether oxygens (including phenoxy) is 10. The number of esters is 1. The SMILES string of the molecule is CCCCCCCCCCCCOCCOCCOCCOCCOCCOCCOCCOCCOCCOC(C)=O. The molecule has 0 heterocycles. The van der Waals surface area contributed by atoms with Crippen LogP contribution in [0.1, 0.15) is 78.1 Å². The monoisotopic (exact) mass is 624 g/mol. The molecule has 0 rings (SSSR count). The third-order valence-electron chi connectivity index (χ3n) is 6.15. The second kappa shape index (κ2) is 39.1. The normalized spacial score (nSPS) is 11.4. The van der Waals surface area contributed by atoms with Gasteiger partial charge in [-0.2, -0.15) is 0 Å². The molecule has 0 radical (unpaired) electrons. The molecule has 0 saturated heterocycles. The lowest BCUT2D eigenvalue weighted by Crippen LogP contribution is -2.15. The first-order valence-corrected chi connectivity index (χ1v) is 16.6. The summed E-state index contributed by atoms with van der Waals surface area (Å²) >= 11 is 0. The van der Waals surface area contributed by atoms with Crippen LogP contribution in [-0.4, -0.2) is 132 Å². The molecular weight excluding hydrogens is 560 g/mol. The maximum absolute atomic E-state index is 10.6. The number of carbonyl (C=O) groups is 1. The average molecular weight is 625 g/mol. The van der Waals surface area contributed by atoms with Crippen LogP contribution in [0, 0.1) is 0 Å². The van der Waals surface area contributed by atoms with E-state index in [4.69, 9.17) is 47.4 Å². The van der Waals surface area contributed by atoms with Crippen LogP contribution in [0.25, 0.3) is 0 Å². The molecular formula is C32H64O11. The molecule has 258 valence electrons. The summed E-state index contributed by atoms with van der Waals surface area (Å²) in [6.07, 6.45) is 13.4. The van der Waals surface area contributed by atoms with Gasteiger partial charge in [0.1, 0.15) is 6.61 Å². The fraction of sp³-hybridized carbons (Fsp3) is 0.969. The van der Waals surface area contributed by atoms with Crippen molar-refractivity contribution in [2.75, 3.05) is 126 Å². The summed E-state index contributed by atoms with van der Waals surface area (Å²) in [5, 5.41) is 0. The first kappa shape index (κ1) is 42.1. The average Bonchev–Trinajstić information content (AvgIpc) is 3.00. The van der Waals surface area contributed by atoms with E-state index in [0.717, 1.165) is 13.0 Å². The van der Waals surface area contributed by atoms with Crippen LogP contribution < -0.4 is 0 Å². The third-order valence-corrected chi connectivity index (χ3v) is 6.15. The van der Waals surface area contributed by atoms with Crippen molar-refractivity contribution in [3.8, 4) is 0 Å². The Balaban J connectivity index is 3.03. The van der Waals surface area contributed by atoms with Crippen molar-refractivity contribution in [3.05, 3.63) is 0 Å². The first-order chi connectivity index (χ1) is 21.3. The molecule has 0 bridgehead atoms. The van der Waals surface area contributed by atoms with Gasteiger partial charge in [-0.05, 0) is 6.42 Å². The fourth-order valence-electron chi connectivity index (χ4n) is 3.80. The van der Waals surface area contributed by atoms with Gasteiger partial charge in [-0.25, -0.2) is 0 Å². The highest BCUT2D eigenvalue weighted by molar-refractivity contribution is 5.65. The number of unbranched alkanes of at least 4 members (excludes halogenated alkanes) is 9. The van der Waals surface area contributed by atoms with E-state index in [1.807, 2.05) is 0 Å². The Bertz CT molecular complexity index is 526. The van der Waals surface area contributed by atoms with Crippen LogP contribution in [0.5, 0.6) is 0 Å². The minimum atomic E-state index is -0.306. The van der Waals surface area contributed by atoms with E-state index in [2.05, 4.69) is 6.92 Å². The van der Waals surface area contributed by atoms with Gasteiger partial charge in [-0.1, -0.05) is 64.7 Å². The lowest BCUT2D eigenvalue weighted by atomic mass is 10.1. The van der Waals surface area contributed by atoms with Crippen molar-refractivity contribution in [3.63, 3.8) is 0 Å². The molecule has 11 heteroatoms. The zero-order valence-electron chi connectivity index (χ0n) is 27.5. The quantitative estimate of drug-likeness (QED) is 0.0709. The fourth-order valence-corrected chi connectivity index (χ4v) is 3.80. The highest BCUT2D eigenvalue weighted by Gasteiger charge is 1.97. The minimum absolute atomic E-state index is 0.264. The summed E-state index contributed by atoms with van der Waals surface area (Å²) in [6, 6.07) is 0. The molecule has 0 saturated carbocycles. The van der Waals surface area contributed by atoms with E-state index in [9.17, 15) is 4.79 Å². The van der Waals surface area contributed by atoms with Crippen molar-refractivity contribution in [2.45, 2.75) is 78.1 Å². The maximum atomic E-state index is 10.6. The Morgan fingerprint density at radius 2 is 0.558 bits per heavy atom. The number of rotatable bonds is 38. The molecule has 11 nitrogen and oxygen atoms in total. The van der Waals surface area contributed by atoms with Crippen LogP contribution in [0.4, 0.5) is 0 Å². The van der Waals surface area contributed by atoms with E-state index >= 15 is 0 Å². The standard InChI is InChI=1S/C32H64O11/c1-3-4-5-6-7-8-9-10-11-12-13-34-14-15-35-16-17-36-18-19-37-20-21-38-22-23-39-24-25-40-26-27-41-28-29-42-30-31-43-32(2)33/h3-31H2,1-2H3. The topological polar surface area (TPSA) is 109 Å². The van der Waals surface area contributed by atoms with Gasteiger partial charge in [-0.15, -0.1) is 0 Å². The lowest BCUT2D eigenvalue weighted by Gasteiger charge is -2.09. The Kier molecular flexibility index (Phi) is 38.3. The molecule has 0 aromatic heterocycles. The van der Waals surface area contributed by atoms with Gasteiger partial charge in [-0.3, -0.25) is 4.79 Å². The Labute approximate surface area is 261 Å². The number of carbonyl (C=O) groups excluding carboxylic acids is 1. The predicted molar refractivity (Wildman–Crippen MR) is 166 cm³/mol. The zero-order valence-corrected chi connectivity index (χ0v) is 27.5. The second-order valence-electron chi connectivity index (χ2n) is 10.0. The summed E-state index contributed by atoms with van der Waals surface area (Å²) in [5.41, 5.74) is 0. The van der Waals surface area contributed by atoms with E-state index < -0.39 is 0 Å². The zero-order chi connectivity index (χ0) is 31.2. The Hall–Kier alpha value is -0.890. The van der Waals surface area contributed by atoms with Crippen molar-refractivity contribution >= 4 is 5.97 Å². The van der Waals surface area contributed by atoms with Crippen LogP contribution in [0.15, 0.2) is 0 Å². The summed E-state index contributed by atoms with van der Waals surface area (Å²) in [5.74, 6) is -0.306. The molecule has 0 aromatic rings. The van der Waals surface area contributed by atoms with Crippen molar-refractivity contribution in [1.82, 2.24) is 0 Å². The van der Waals surface area contributed by atoms with Gasteiger partial charge in [0.2, 0.25) is 0 Å². The molecule has 0 aliphatic carbocycles. The molecule has 0 unspecified atom stereocenters. The minimum Gasteiger partial charge on any atom is -0.463 e. The van der Waals surface area contributed by atoms with E-state index in [0.29, 0.717) is 112 Å². The van der Waals surface area contributed by atoms with Gasteiger partial charge in [0.25, 0.3) is 0 Å². The highest BCUT2D eigenvalue weighted by atomic mass is 16.6. The van der Waals surface area contributed by atoms with E-state index in [-0.39, 0.29) is 12.6 Å². The molecule has 0 atom stereocenters. The van der Waals surface area contributed by atoms with Gasteiger partial charge in [0.05, 0.1) is 112 Å². The highest BCUT2D eigenvalue weighted by Crippen LogP contribution is 2.10. The Morgan fingerprint density at radius 1 is 0.326 bits per heavy atom. The molecule has 0 fully saturated rings.